The summed E-state index contributed by atoms with van der Waals surface area (Å²) in [6, 6.07) is 5.25. The number of amides is 1. The topological polar surface area (TPSA) is 91.8 Å². The van der Waals surface area contributed by atoms with Crippen LogP contribution < -0.4 is 0 Å². The summed E-state index contributed by atoms with van der Waals surface area (Å²) >= 11 is 0. The summed E-state index contributed by atoms with van der Waals surface area (Å²) in [7, 11) is -3.84. The van der Waals surface area contributed by atoms with Gasteiger partial charge >= 0.3 is 12.1 Å². The van der Waals surface area contributed by atoms with E-state index in [1.165, 1.54) is 38.1 Å². The Hall–Kier alpha value is -2.10. The highest BCUT2D eigenvalue weighted by molar-refractivity contribution is 7.92. The normalized spacial score (nSPS) is 21.2. The van der Waals surface area contributed by atoms with Gasteiger partial charge in [0, 0.05) is 13.1 Å². The van der Waals surface area contributed by atoms with Crippen LogP contribution >= 0.6 is 0 Å². The van der Waals surface area contributed by atoms with E-state index < -0.39 is 58.1 Å². The number of likely N-dealkylation sites (tertiary alicyclic amines) is 1. The lowest BCUT2D eigenvalue weighted by molar-refractivity contribution is -0.187. The lowest BCUT2D eigenvalue weighted by atomic mass is 9.96. The maximum absolute atomic E-state index is 13.1. The van der Waals surface area contributed by atoms with Crippen molar-refractivity contribution >= 4 is 21.7 Å². The Bertz CT molecular complexity index is 819. The van der Waals surface area contributed by atoms with Gasteiger partial charge in [-0.3, -0.25) is 9.59 Å². The number of aliphatic carboxylic acids is 1. The highest BCUT2D eigenvalue weighted by atomic mass is 32.2. The fraction of sp³-hybridized carbons (Fsp3) is 0.500. The fourth-order valence-corrected chi connectivity index (χ4v) is 4.11. The van der Waals surface area contributed by atoms with Crippen molar-refractivity contribution in [2.24, 2.45) is 11.8 Å². The van der Waals surface area contributed by atoms with Crippen LogP contribution in [0.4, 0.5) is 13.2 Å². The molecule has 1 aromatic carbocycles. The van der Waals surface area contributed by atoms with Crippen LogP contribution in [0.3, 0.4) is 0 Å². The first-order chi connectivity index (χ1) is 11.9. The van der Waals surface area contributed by atoms with Crippen molar-refractivity contribution in [1.82, 2.24) is 4.90 Å². The molecule has 2 rings (SSSR count). The van der Waals surface area contributed by atoms with Crippen LogP contribution in [0.2, 0.25) is 0 Å². The van der Waals surface area contributed by atoms with Crippen molar-refractivity contribution in [3.8, 4) is 0 Å². The molecule has 1 N–H and O–H groups in total. The smallest absolute Gasteiger partial charge is 0.394 e. The zero-order chi connectivity index (χ0) is 19.9. The zero-order valence-corrected chi connectivity index (χ0v) is 14.8. The van der Waals surface area contributed by atoms with Crippen LogP contribution in [-0.4, -0.2) is 54.8 Å². The van der Waals surface area contributed by atoms with E-state index in [2.05, 4.69) is 0 Å². The number of rotatable bonds is 4. The molecule has 1 fully saturated rings. The fourth-order valence-electron chi connectivity index (χ4n) is 2.87. The largest absolute Gasteiger partial charge is 0.481 e. The van der Waals surface area contributed by atoms with Crippen molar-refractivity contribution < 1.29 is 36.3 Å². The molecule has 0 radical (unpaired) electrons. The molecule has 0 bridgehead atoms. The average Bonchev–Trinajstić information content (AvgIpc) is 3.00. The van der Waals surface area contributed by atoms with E-state index in [1.807, 2.05) is 0 Å². The third kappa shape index (κ3) is 3.69. The average molecular weight is 393 g/mol. The highest BCUT2D eigenvalue weighted by Crippen LogP contribution is 2.38. The number of carbonyl (C=O) groups is 2. The second-order valence-electron chi connectivity index (χ2n) is 6.39. The van der Waals surface area contributed by atoms with Gasteiger partial charge in [-0.2, -0.15) is 13.2 Å². The summed E-state index contributed by atoms with van der Waals surface area (Å²) in [4.78, 5) is 24.3. The predicted octanol–water partition coefficient (Wildman–Crippen LogP) is 2.20. The van der Waals surface area contributed by atoms with Crippen molar-refractivity contribution in [2.75, 3.05) is 13.1 Å². The molecule has 0 spiro atoms. The number of halogens is 3. The monoisotopic (exact) mass is 393 g/mol. The Labute approximate surface area is 148 Å². The molecular formula is C16H18F3NO5S. The predicted molar refractivity (Wildman–Crippen MR) is 85.3 cm³/mol. The Morgan fingerprint density at radius 2 is 1.77 bits per heavy atom. The molecule has 1 heterocycles. The highest BCUT2D eigenvalue weighted by Gasteiger charge is 2.53. The molecule has 0 aromatic heterocycles. The lowest BCUT2D eigenvalue weighted by Gasteiger charge is -2.20. The summed E-state index contributed by atoms with van der Waals surface area (Å²) in [5, 5.41) is 8.21. The number of carboxylic acids is 1. The molecule has 0 aliphatic carbocycles. The van der Waals surface area contributed by atoms with Crippen molar-refractivity contribution in [1.29, 1.82) is 0 Å². The molecule has 0 unspecified atom stereocenters. The van der Waals surface area contributed by atoms with Crippen LogP contribution in [0.5, 0.6) is 0 Å². The second kappa shape index (κ2) is 6.90. The Morgan fingerprint density at radius 3 is 2.23 bits per heavy atom. The molecule has 1 saturated heterocycles. The van der Waals surface area contributed by atoms with Gasteiger partial charge in [-0.25, -0.2) is 8.42 Å². The van der Waals surface area contributed by atoms with Gasteiger partial charge in [-0.05, 0) is 26.0 Å². The Kier molecular flexibility index (Phi) is 5.36. The number of carboxylic acid groups (broad SMARTS) is 1. The van der Waals surface area contributed by atoms with Crippen LogP contribution in [0.15, 0.2) is 29.2 Å². The van der Waals surface area contributed by atoms with E-state index in [1.54, 1.807) is 0 Å². The molecule has 2 atom stereocenters. The summed E-state index contributed by atoms with van der Waals surface area (Å²) in [5.41, 5.74) is -0.256. The van der Waals surface area contributed by atoms with Crippen LogP contribution in [-0.2, 0) is 14.6 Å². The van der Waals surface area contributed by atoms with Crippen LogP contribution in [0.25, 0.3) is 0 Å². The maximum atomic E-state index is 13.1. The molecule has 1 aromatic rings. The molecule has 1 aliphatic heterocycles. The quantitative estimate of drug-likeness (QED) is 0.847. The molecule has 1 aliphatic rings. The van der Waals surface area contributed by atoms with E-state index in [0.717, 1.165) is 4.90 Å². The lowest BCUT2D eigenvalue weighted by Crippen LogP contribution is -2.34. The number of sulfone groups is 1. The number of benzene rings is 1. The van der Waals surface area contributed by atoms with Crippen molar-refractivity contribution in [3.63, 3.8) is 0 Å². The minimum atomic E-state index is -4.78. The zero-order valence-electron chi connectivity index (χ0n) is 14.0. The van der Waals surface area contributed by atoms with Gasteiger partial charge in [-0.15, -0.1) is 0 Å². The first kappa shape index (κ1) is 20.2. The standard InChI is InChI=1S/C16H18F3NO5S/c1-9(2)26(24,25)13-6-4-3-5-10(13)14(21)20-7-11(15(22)23)12(8-20)16(17,18)19/h3-6,9,11-12H,7-8H2,1-2H3,(H,22,23)/t11-,12-/m1/s1. The molecule has 144 valence electrons. The molecule has 6 nitrogen and oxygen atoms in total. The second-order valence-corrected chi connectivity index (χ2v) is 8.87. The third-order valence-corrected chi connectivity index (χ3v) is 6.60. The number of hydrogen-bond donors (Lipinski definition) is 1. The van der Waals surface area contributed by atoms with Crippen molar-refractivity contribution in [2.45, 2.75) is 30.2 Å². The summed E-state index contributed by atoms with van der Waals surface area (Å²) in [6.07, 6.45) is -4.78. The summed E-state index contributed by atoms with van der Waals surface area (Å²) < 4.78 is 64.1. The van der Waals surface area contributed by atoms with Gasteiger partial charge in [0.1, 0.15) is 0 Å². The van der Waals surface area contributed by atoms with E-state index in [4.69, 9.17) is 5.11 Å². The molecular weight excluding hydrogens is 375 g/mol. The molecule has 1 amide bonds. The minimum absolute atomic E-state index is 0.256. The first-order valence-corrected chi connectivity index (χ1v) is 9.33. The number of hydrogen-bond acceptors (Lipinski definition) is 4. The Balaban J connectivity index is 2.41. The number of carbonyl (C=O) groups excluding carboxylic acids is 1. The van der Waals surface area contributed by atoms with Gasteiger partial charge < -0.3 is 10.0 Å². The Morgan fingerprint density at radius 1 is 1.19 bits per heavy atom. The van der Waals surface area contributed by atoms with Gasteiger partial charge in [-0.1, -0.05) is 12.1 Å². The van der Waals surface area contributed by atoms with Gasteiger partial charge in [0.15, 0.2) is 9.84 Å². The summed E-state index contributed by atoms with van der Waals surface area (Å²) in [6.45, 7) is 1.39. The van der Waals surface area contributed by atoms with E-state index >= 15 is 0 Å². The van der Waals surface area contributed by atoms with E-state index in [0.29, 0.717) is 0 Å². The van der Waals surface area contributed by atoms with Gasteiger partial charge in [0.2, 0.25) is 0 Å². The van der Waals surface area contributed by atoms with E-state index in [9.17, 15) is 31.2 Å². The van der Waals surface area contributed by atoms with Gasteiger partial charge in [0.25, 0.3) is 5.91 Å². The van der Waals surface area contributed by atoms with Crippen LogP contribution in [0.1, 0.15) is 24.2 Å². The first-order valence-electron chi connectivity index (χ1n) is 7.79. The number of nitrogens with zero attached hydrogens (tertiary/aromatic N) is 1. The molecule has 26 heavy (non-hydrogen) atoms. The van der Waals surface area contributed by atoms with Crippen LogP contribution in [0, 0.1) is 11.8 Å². The van der Waals surface area contributed by atoms with E-state index in [-0.39, 0.29) is 10.5 Å². The minimum Gasteiger partial charge on any atom is -0.481 e. The SMILES string of the molecule is CC(C)S(=O)(=O)c1ccccc1C(=O)N1C[C@@H](C(F)(F)F)[C@H](C(=O)O)C1. The van der Waals surface area contributed by atoms with Gasteiger partial charge in [0.05, 0.1) is 27.5 Å². The molecule has 10 heteroatoms. The molecule has 0 saturated carbocycles. The maximum Gasteiger partial charge on any atom is 0.394 e. The summed E-state index contributed by atoms with van der Waals surface area (Å²) in [5.74, 6) is -6.56. The third-order valence-electron chi connectivity index (χ3n) is 4.39. The van der Waals surface area contributed by atoms with Crippen molar-refractivity contribution in [3.05, 3.63) is 29.8 Å². The number of alkyl halides is 3.